The molecule has 8 heteroatoms. The smallest absolute Gasteiger partial charge is 0.267 e. The van der Waals surface area contributed by atoms with Crippen molar-refractivity contribution in [3.05, 3.63) is 48.5 Å². The SMILES string of the molecule is C[C@H]1Oc2ccccc2N(CCC(=O)Nc2ccccc2N2CCC(C(N)=O)CC2)C1=O. The van der Waals surface area contributed by atoms with Crippen molar-refractivity contribution >= 4 is 34.8 Å². The molecule has 2 aliphatic heterocycles. The summed E-state index contributed by atoms with van der Waals surface area (Å²) in [5.74, 6) is -0.0306. The number of fused-ring (bicyclic) bond motifs is 1. The number of piperidine rings is 1. The number of benzene rings is 2. The lowest BCUT2D eigenvalue weighted by Crippen LogP contribution is -2.45. The Labute approximate surface area is 187 Å². The van der Waals surface area contributed by atoms with E-state index in [0.29, 0.717) is 37.4 Å². The Kier molecular flexibility index (Phi) is 6.30. The van der Waals surface area contributed by atoms with Gasteiger partial charge in [0.25, 0.3) is 5.91 Å². The second-order valence-corrected chi connectivity index (χ2v) is 8.20. The first-order valence-corrected chi connectivity index (χ1v) is 10.9. The molecule has 4 rings (SSSR count). The van der Waals surface area contributed by atoms with Crippen LogP contribution in [-0.4, -0.2) is 43.5 Å². The molecular weight excluding hydrogens is 408 g/mol. The van der Waals surface area contributed by atoms with Gasteiger partial charge in [0.2, 0.25) is 11.8 Å². The first-order valence-electron chi connectivity index (χ1n) is 10.9. The number of carbonyl (C=O) groups is 3. The molecule has 168 valence electrons. The van der Waals surface area contributed by atoms with Gasteiger partial charge >= 0.3 is 0 Å². The van der Waals surface area contributed by atoms with Crippen LogP contribution in [0.15, 0.2) is 48.5 Å². The Hall–Kier alpha value is -3.55. The molecule has 2 heterocycles. The van der Waals surface area contributed by atoms with Crippen LogP contribution in [0.1, 0.15) is 26.2 Å². The second-order valence-electron chi connectivity index (χ2n) is 8.20. The lowest BCUT2D eigenvalue weighted by molar-refractivity contribution is -0.125. The monoisotopic (exact) mass is 436 g/mol. The summed E-state index contributed by atoms with van der Waals surface area (Å²) >= 11 is 0. The number of anilines is 3. The minimum absolute atomic E-state index is 0.0932. The van der Waals surface area contributed by atoms with E-state index in [2.05, 4.69) is 10.2 Å². The Morgan fingerprint density at radius 2 is 1.72 bits per heavy atom. The highest BCUT2D eigenvalue weighted by molar-refractivity contribution is 6.01. The molecule has 0 aliphatic carbocycles. The zero-order valence-corrected chi connectivity index (χ0v) is 18.1. The van der Waals surface area contributed by atoms with Gasteiger partial charge in [0, 0.05) is 32.0 Å². The van der Waals surface area contributed by atoms with Gasteiger partial charge in [0.05, 0.1) is 17.1 Å². The van der Waals surface area contributed by atoms with Crippen LogP contribution >= 0.6 is 0 Å². The molecule has 0 bridgehead atoms. The highest BCUT2D eigenvalue weighted by Gasteiger charge is 2.31. The zero-order valence-electron chi connectivity index (χ0n) is 18.1. The van der Waals surface area contributed by atoms with Crippen molar-refractivity contribution in [2.45, 2.75) is 32.3 Å². The number of hydrogen-bond acceptors (Lipinski definition) is 5. The molecule has 0 spiro atoms. The minimum Gasteiger partial charge on any atom is -0.479 e. The van der Waals surface area contributed by atoms with Gasteiger partial charge in [0.1, 0.15) is 5.75 Å². The average Bonchev–Trinajstić information content (AvgIpc) is 2.80. The minimum atomic E-state index is -0.586. The molecule has 0 radical (unpaired) electrons. The molecule has 1 saturated heterocycles. The van der Waals surface area contributed by atoms with Gasteiger partial charge in [-0.2, -0.15) is 0 Å². The predicted octanol–water partition coefficient (Wildman–Crippen LogP) is 2.53. The Morgan fingerprint density at radius 3 is 2.44 bits per heavy atom. The summed E-state index contributed by atoms with van der Waals surface area (Å²) in [7, 11) is 0. The molecule has 3 N–H and O–H groups in total. The summed E-state index contributed by atoms with van der Waals surface area (Å²) < 4.78 is 5.66. The first kappa shape index (κ1) is 21.7. The predicted molar refractivity (Wildman–Crippen MR) is 123 cm³/mol. The third-order valence-corrected chi connectivity index (χ3v) is 6.05. The number of para-hydroxylation sites is 4. The van der Waals surface area contributed by atoms with Crippen LogP contribution in [0, 0.1) is 5.92 Å². The quantitative estimate of drug-likeness (QED) is 0.724. The van der Waals surface area contributed by atoms with E-state index < -0.39 is 6.10 Å². The van der Waals surface area contributed by atoms with Crippen molar-refractivity contribution in [3.63, 3.8) is 0 Å². The highest BCUT2D eigenvalue weighted by Crippen LogP contribution is 2.34. The number of nitrogens with one attached hydrogen (secondary N) is 1. The van der Waals surface area contributed by atoms with Gasteiger partial charge in [-0.1, -0.05) is 24.3 Å². The number of nitrogens with zero attached hydrogens (tertiary/aromatic N) is 2. The molecule has 1 fully saturated rings. The normalized spacial score (nSPS) is 18.7. The van der Waals surface area contributed by atoms with Crippen molar-refractivity contribution in [2.75, 3.05) is 34.8 Å². The third-order valence-electron chi connectivity index (χ3n) is 6.05. The first-order chi connectivity index (χ1) is 15.4. The number of primary amides is 1. The summed E-state index contributed by atoms with van der Waals surface area (Å²) in [6.07, 6.45) is 0.977. The fraction of sp³-hybridized carbons (Fsp3) is 0.375. The van der Waals surface area contributed by atoms with E-state index >= 15 is 0 Å². The lowest BCUT2D eigenvalue weighted by atomic mass is 9.96. The molecule has 3 amide bonds. The Balaban J connectivity index is 1.40. The van der Waals surface area contributed by atoms with Crippen molar-refractivity contribution in [2.24, 2.45) is 11.7 Å². The molecule has 2 aromatic rings. The zero-order chi connectivity index (χ0) is 22.7. The van der Waals surface area contributed by atoms with Crippen molar-refractivity contribution in [1.29, 1.82) is 0 Å². The fourth-order valence-corrected chi connectivity index (χ4v) is 4.28. The summed E-state index contributed by atoms with van der Waals surface area (Å²) in [5.41, 5.74) is 7.76. The van der Waals surface area contributed by atoms with E-state index in [0.717, 1.165) is 11.4 Å². The number of amides is 3. The van der Waals surface area contributed by atoms with Crippen LogP contribution in [0.25, 0.3) is 0 Å². The largest absolute Gasteiger partial charge is 0.479 e. The maximum Gasteiger partial charge on any atom is 0.267 e. The molecule has 0 saturated carbocycles. The van der Waals surface area contributed by atoms with Gasteiger partial charge in [-0.15, -0.1) is 0 Å². The summed E-state index contributed by atoms with van der Waals surface area (Å²) in [5, 5.41) is 2.99. The maximum absolute atomic E-state index is 12.8. The van der Waals surface area contributed by atoms with Gasteiger partial charge in [-0.25, -0.2) is 0 Å². The Morgan fingerprint density at radius 1 is 1.06 bits per heavy atom. The highest BCUT2D eigenvalue weighted by atomic mass is 16.5. The number of carbonyl (C=O) groups excluding carboxylic acids is 3. The maximum atomic E-state index is 12.8. The number of rotatable bonds is 6. The van der Waals surface area contributed by atoms with Crippen LogP contribution in [0.2, 0.25) is 0 Å². The van der Waals surface area contributed by atoms with Crippen molar-refractivity contribution in [1.82, 2.24) is 0 Å². The fourth-order valence-electron chi connectivity index (χ4n) is 4.28. The van der Waals surface area contributed by atoms with E-state index in [1.54, 1.807) is 11.8 Å². The van der Waals surface area contributed by atoms with E-state index in [-0.39, 0.29) is 36.6 Å². The van der Waals surface area contributed by atoms with Gasteiger partial charge in [-0.3, -0.25) is 14.4 Å². The summed E-state index contributed by atoms with van der Waals surface area (Å²) in [6.45, 7) is 3.39. The molecule has 0 unspecified atom stereocenters. The molecule has 2 aromatic carbocycles. The second kappa shape index (κ2) is 9.30. The van der Waals surface area contributed by atoms with E-state index in [4.69, 9.17) is 10.5 Å². The number of nitrogens with two attached hydrogens (primary N) is 1. The van der Waals surface area contributed by atoms with Crippen LogP contribution in [0.4, 0.5) is 17.1 Å². The van der Waals surface area contributed by atoms with Gasteiger partial charge in [0.15, 0.2) is 6.10 Å². The van der Waals surface area contributed by atoms with Crippen LogP contribution < -0.4 is 25.6 Å². The third kappa shape index (κ3) is 4.54. The molecule has 2 aliphatic rings. The lowest BCUT2D eigenvalue weighted by Gasteiger charge is -2.34. The van der Waals surface area contributed by atoms with Crippen molar-refractivity contribution < 1.29 is 19.1 Å². The molecule has 8 nitrogen and oxygen atoms in total. The van der Waals surface area contributed by atoms with Gasteiger partial charge in [-0.05, 0) is 44.0 Å². The van der Waals surface area contributed by atoms with Crippen LogP contribution in [0.5, 0.6) is 5.75 Å². The van der Waals surface area contributed by atoms with E-state index in [1.165, 1.54) is 0 Å². The standard InChI is InChI=1S/C24H28N4O4/c1-16-24(31)28(20-8-4-5-9-21(20)32-16)15-12-22(29)26-18-6-2-3-7-19(18)27-13-10-17(11-14-27)23(25)30/h2-9,16-17H,10-15H2,1H3,(H2,25,30)(H,26,29)/t16-/m1/s1. The van der Waals surface area contributed by atoms with Crippen LogP contribution in [0.3, 0.4) is 0 Å². The topological polar surface area (TPSA) is 105 Å². The van der Waals surface area contributed by atoms with Crippen LogP contribution in [-0.2, 0) is 14.4 Å². The van der Waals surface area contributed by atoms with E-state index in [9.17, 15) is 14.4 Å². The molecular formula is C24H28N4O4. The number of ether oxygens (including phenoxy) is 1. The molecule has 0 aromatic heterocycles. The number of hydrogen-bond donors (Lipinski definition) is 2. The summed E-state index contributed by atoms with van der Waals surface area (Å²) in [6, 6.07) is 15.0. The van der Waals surface area contributed by atoms with Crippen molar-refractivity contribution in [3.8, 4) is 5.75 Å². The van der Waals surface area contributed by atoms with E-state index in [1.807, 2.05) is 48.5 Å². The van der Waals surface area contributed by atoms with Gasteiger partial charge < -0.3 is 25.6 Å². The molecule has 1 atom stereocenters. The molecule has 32 heavy (non-hydrogen) atoms. The Bertz CT molecular complexity index is 1020. The average molecular weight is 437 g/mol. The summed E-state index contributed by atoms with van der Waals surface area (Å²) in [4.78, 5) is 40.6.